The summed E-state index contributed by atoms with van der Waals surface area (Å²) in [7, 11) is -3.80. The molecule has 28 heavy (non-hydrogen) atoms. The monoisotopic (exact) mass is 405 g/mol. The van der Waals surface area contributed by atoms with Gasteiger partial charge in [0.1, 0.15) is 5.82 Å². The smallest absolute Gasteiger partial charge is 0.240 e. The Labute approximate surface area is 162 Å². The van der Waals surface area contributed by atoms with Crippen molar-refractivity contribution in [3.63, 3.8) is 0 Å². The molecule has 7 nitrogen and oxygen atoms in total. The molecule has 0 spiro atoms. The van der Waals surface area contributed by atoms with Crippen LogP contribution >= 0.6 is 0 Å². The molecule has 2 aromatic carbocycles. The third-order valence-electron chi connectivity index (χ3n) is 4.15. The second kappa shape index (κ2) is 8.49. The first kappa shape index (κ1) is 20.0. The number of sulfonamides is 1. The van der Waals surface area contributed by atoms with E-state index < -0.39 is 15.8 Å². The molecular formula is C19H20FN3O4S. The van der Waals surface area contributed by atoms with Gasteiger partial charge in [-0.2, -0.15) is 0 Å². The van der Waals surface area contributed by atoms with Crippen molar-refractivity contribution < 1.29 is 22.4 Å². The van der Waals surface area contributed by atoms with Crippen LogP contribution in [-0.2, 0) is 19.6 Å². The fourth-order valence-corrected chi connectivity index (χ4v) is 3.48. The molecule has 1 aliphatic carbocycles. The van der Waals surface area contributed by atoms with Gasteiger partial charge in [0.25, 0.3) is 0 Å². The normalized spacial score (nSPS) is 13.8. The standard InChI is InChI=1S/C19H20FN3O4S/c20-14-3-9-17(10-4-14)28(26,27)21-12-11-18(24)22-15-5-7-16(8-6-15)23-19(25)13-1-2-13/h3-10,13,21H,1-2,11-12H2,(H,22,24)(H,23,25). The average molecular weight is 405 g/mol. The second-order valence-electron chi connectivity index (χ2n) is 6.49. The number of anilines is 2. The van der Waals surface area contributed by atoms with Gasteiger partial charge in [0.15, 0.2) is 0 Å². The molecule has 0 heterocycles. The number of carbonyl (C=O) groups is 2. The van der Waals surface area contributed by atoms with Crippen molar-refractivity contribution in [2.75, 3.05) is 17.2 Å². The SMILES string of the molecule is O=C(CCNS(=O)(=O)c1ccc(F)cc1)Nc1ccc(NC(=O)C2CC2)cc1. The highest BCUT2D eigenvalue weighted by molar-refractivity contribution is 7.89. The van der Waals surface area contributed by atoms with Gasteiger partial charge in [0, 0.05) is 30.3 Å². The molecular weight excluding hydrogens is 385 g/mol. The number of carbonyl (C=O) groups excluding carboxylic acids is 2. The van der Waals surface area contributed by atoms with Crippen LogP contribution in [0.2, 0.25) is 0 Å². The minimum absolute atomic E-state index is 0.00484. The molecule has 1 aliphatic rings. The first-order valence-corrected chi connectivity index (χ1v) is 10.3. The maximum Gasteiger partial charge on any atom is 0.240 e. The Morgan fingerprint density at radius 2 is 1.50 bits per heavy atom. The largest absolute Gasteiger partial charge is 0.326 e. The zero-order chi connectivity index (χ0) is 20.1. The van der Waals surface area contributed by atoms with Crippen LogP contribution in [0.25, 0.3) is 0 Å². The lowest BCUT2D eigenvalue weighted by Crippen LogP contribution is -2.27. The van der Waals surface area contributed by atoms with Crippen molar-refractivity contribution in [3.05, 3.63) is 54.3 Å². The summed E-state index contributed by atoms with van der Waals surface area (Å²) in [6.45, 7) is -0.0962. The summed E-state index contributed by atoms with van der Waals surface area (Å²) in [5.74, 6) is -0.781. The number of nitrogens with one attached hydrogen (secondary N) is 3. The van der Waals surface area contributed by atoms with E-state index in [1.54, 1.807) is 24.3 Å². The molecule has 0 unspecified atom stereocenters. The van der Waals surface area contributed by atoms with Crippen molar-refractivity contribution in [2.45, 2.75) is 24.2 Å². The van der Waals surface area contributed by atoms with Gasteiger partial charge >= 0.3 is 0 Å². The van der Waals surface area contributed by atoms with Gasteiger partial charge < -0.3 is 10.6 Å². The average Bonchev–Trinajstić information content (AvgIpc) is 3.49. The van der Waals surface area contributed by atoms with Crippen molar-refractivity contribution >= 4 is 33.2 Å². The molecule has 0 aromatic heterocycles. The van der Waals surface area contributed by atoms with Gasteiger partial charge in [-0.1, -0.05) is 0 Å². The minimum atomic E-state index is -3.80. The molecule has 148 valence electrons. The van der Waals surface area contributed by atoms with E-state index in [0.29, 0.717) is 11.4 Å². The molecule has 0 bridgehead atoms. The Kier molecular flexibility index (Phi) is 6.05. The number of benzene rings is 2. The van der Waals surface area contributed by atoms with Gasteiger partial charge in [0.2, 0.25) is 21.8 Å². The Hall–Kier alpha value is -2.78. The van der Waals surface area contributed by atoms with E-state index in [9.17, 15) is 22.4 Å². The van der Waals surface area contributed by atoms with Crippen molar-refractivity contribution in [1.82, 2.24) is 4.72 Å². The lowest BCUT2D eigenvalue weighted by atomic mass is 10.2. The Morgan fingerprint density at radius 1 is 0.929 bits per heavy atom. The number of halogens is 1. The van der Waals surface area contributed by atoms with E-state index in [0.717, 1.165) is 37.1 Å². The van der Waals surface area contributed by atoms with E-state index in [4.69, 9.17) is 0 Å². The molecule has 3 N–H and O–H groups in total. The van der Waals surface area contributed by atoms with Gasteiger partial charge in [-0.15, -0.1) is 0 Å². The summed E-state index contributed by atoms with van der Waals surface area (Å²) in [5, 5.41) is 5.46. The summed E-state index contributed by atoms with van der Waals surface area (Å²) in [5.41, 5.74) is 1.19. The lowest BCUT2D eigenvalue weighted by molar-refractivity contribution is -0.117. The number of rotatable bonds is 8. The fourth-order valence-electron chi connectivity index (χ4n) is 2.45. The zero-order valence-corrected chi connectivity index (χ0v) is 15.8. The highest BCUT2D eigenvalue weighted by Crippen LogP contribution is 2.30. The van der Waals surface area contributed by atoms with Gasteiger partial charge in [-0.3, -0.25) is 9.59 Å². The first-order valence-electron chi connectivity index (χ1n) is 8.79. The van der Waals surface area contributed by atoms with Crippen LogP contribution in [-0.4, -0.2) is 26.8 Å². The summed E-state index contributed by atoms with van der Waals surface area (Å²) >= 11 is 0. The van der Waals surface area contributed by atoms with Crippen molar-refractivity contribution in [2.24, 2.45) is 5.92 Å². The Morgan fingerprint density at radius 3 is 2.07 bits per heavy atom. The predicted molar refractivity (Wildman–Crippen MR) is 103 cm³/mol. The van der Waals surface area contributed by atoms with E-state index in [1.165, 1.54) is 0 Å². The molecule has 1 fully saturated rings. The van der Waals surface area contributed by atoms with E-state index >= 15 is 0 Å². The lowest BCUT2D eigenvalue weighted by Gasteiger charge is -2.09. The zero-order valence-electron chi connectivity index (χ0n) is 14.9. The van der Waals surface area contributed by atoms with Crippen LogP contribution in [0.5, 0.6) is 0 Å². The van der Waals surface area contributed by atoms with Gasteiger partial charge in [-0.25, -0.2) is 17.5 Å². The number of hydrogen-bond donors (Lipinski definition) is 3. The molecule has 0 radical (unpaired) electrons. The summed E-state index contributed by atoms with van der Waals surface area (Å²) in [6.07, 6.45) is 1.77. The van der Waals surface area contributed by atoms with E-state index in [2.05, 4.69) is 15.4 Å². The molecule has 9 heteroatoms. The molecule has 1 saturated carbocycles. The van der Waals surface area contributed by atoms with E-state index in [1.807, 2.05) is 0 Å². The molecule has 0 saturated heterocycles. The molecule has 0 atom stereocenters. The minimum Gasteiger partial charge on any atom is -0.326 e. The van der Waals surface area contributed by atoms with Crippen LogP contribution in [0, 0.1) is 11.7 Å². The number of hydrogen-bond acceptors (Lipinski definition) is 4. The quantitative estimate of drug-likeness (QED) is 0.628. The van der Waals surface area contributed by atoms with Crippen molar-refractivity contribution in [1.29, 1.82) is 0 Å². The summed E-state index contributed by atoms with van der Waals surface area (Å²) < 4.78 is 39.3. The number of amides is 2. The predicted octanol–water partition coefficient (Wildman–Crippen LogP) is 2.48. The van der Waals surface area contributed by atoms with Crippen LogP contribution in [0.1, 0.15) is 19.3 Å². The van der Waals surface area contributed by atoms with Crippen LogP contribution in [0.3, 0.4) is 0 Å². The molecule has 2 amide bonds. The first-order chi connectivity index (χ1) is 13.3. The second-order valence-corrected chi connectivity index (χ2v) is 8.26. The van der Waals surface area contributed by atoms with Gasteiger partial charge in [-0.05, 0) is 61.4 Å². The van der Waals surface area contributed by atoms with E-state index in [-0.39, 0.29) is 35.6 Å². The fraction of sp³-hybridized carbons (Fsp3) is 0.263. The Bertz CT molecular complexity index is 956. The van der Waals surface area contributed by atoms with Crippen molar-refractivity contribution in [3.8, 4) is 0 Å². The summed E-state index contributed by atoms with van der Waals surface area (Å²) in [4.78, 5) is 23.6. The maximum absolute atomic E-state index is 12.9. The van der Waals surface area contributed by atoms with Crippen LogP contribution in [0.15, 0.2) is 53.4 Å². The third-order valence-corrected chi connectivity index (χ3v) is 5.63. The topological polar surface area (TPSA) is 104 Å². The molecule has 2 aromatic rings. The molecule has 3 rings (SSSR count). The Balaban J connectivity index is 1.44. The maximum atomic E-state index is 12.9. The third kappa shape index (κ3) is 5.61. The van der Waals surface area contributed by atoms with Crippen LogP contribution in [0.4, 0.5) is 15.8 Å². The van der Waals surface area contributed by atoms with Crippen LogP contribution < -0.4 is 15.4 Å². The highest BCUT2D eigenvalue weighted by atomic mass is 32.2. The highest BCUT2D eigenvalue weighted by Gasteiger charge is 2.29. The molecule has 0 aliphatic heterocycles. The van der Waals surface area contributed by atoms with Gasteiger partial charge in [0.05, 0.1) is 4.90 Å². The summed E-state index contributed by atoms with van der Waals surface area (Å²) in [6, 6.07) is 11.1.